The zero-order valence-electron chi connectivity index (χ0n) is 7.19. The van der Waals surface area contributed by atoms with Crippen LogP contribution in [0.4, 0.5) is 9.18 Å². The molecule has 0 bridgehead atoms. The maximum atomic E-state index is 12.5. The standard InChI is InChI=1S/C8H12FNO2/c1-4-7(6(2)9)5-10-8(11)12-3/h4H,2,5H2,1,3H3,(H,10,11)/b7-4-. The van der Waals surface area contributed by atoms with Crippen molar-refractivity contribution in [2.24, 2.45) is 0 Å². The van der Waals surface area contributed by atoms with E-state index in [0.717, 1.165) is 0 Å². The Balaban J connectivity index is 3.91. The van der Waals surface area contributed by atoms with Crippen LogP contribution in [0.25, 0.3) is 0 Å². The largest absolute Gasteiger partial charge is 0.453 e. The number of methoxy groups -OCH3 is 1. The molecule has 12 heavy (non-hydrogen) atoms. The van der Waals surface area contributed by atoms with E-state index in [9.17, 15) is 9.18 Å². The lowest BCUT2D eigenvalue weighted by atomic mass is 10.2. The second kappa shape index (κ2) is 5.35. The quantitative estimate of drug-likeness (QED) is 0.660. The van der Waals surface area contributed by atoms with E-state index < -0.39 is 11.9 Å². The molecule has 1 amide bonds. The van der Waals surface area contributed by atoms with Crippen LogP contribution in [0.2, 0.25) is 0 Å². The van der Waals surface area contributed by atoms with E-state index in [1.54, 1.807) is 6.92 Å². The van der Waals surface area contributed by atoms with Crippen LogP contribution in [0.15, 0.2) is 24.1 Å². The number of hydrogen-bond donors (Lipinski definition) is 1. The third kappa shape index (κ3) is 3.75. The van der Waals surface area contributed by atoms with Crippen LogP contribution in [-0.2, 0) is 4.74 Å². The average Bonchev–Trinajstić information content (AvgIpc) is 2.04. The van der Waals surface area contributed by atoms with Crippen molar-refractivity contribution in [2.45, 2.75) is 6.92 Å². The molecule has 68 valence electrons. The van der Waals surface area contributed by atoms with Crippen molar-refractivity contribution in [3.8, 4) is 0 Å². The molecule has 0 aromatic rings. The molecular formula is C8H12FNO2. The van der Waals surface area contributed by atoms with Gasteiger partial charge in [0.15, 0.2) is 0 Å². The first-order valence-electron chi connectivity index (χ1n) is 3.43. The van der Waals surface area contributed by atoms with Crippen LogP contribution in [0.3, 0.4) is 0 Å². The molecule has 3 nitrogen and oxygen atoms in total. The Labute approximate surface area is 70.9 Å². The first-order chi connectivity index (χ1) is 5.61. The zero-order chi connectivity index (χ0) is 9.56. The van der Waals surface area contributed by atoms with Crippen LogP contribution in [0.5, 0.6) is 0 Å². The van der Waals surface area contributed by atoms with Crippen molar-refractivity contribution in [1.82, 2.24) is 5.32 Å². The highest BCUT2D eigenvalue weighted by Gasteiger charge is 2.03. The van der Waals surface area contributed by atoms with Gasteiger partial charge in [0.25, 0.3) is 0 Å². The lowest BCUT2D eigenvalue weighted by Gasteiger charge is -2.04. The van der Waals surface area contributed by atoms with Gasteiger partial charge in [-0.05, 0) is 6.92 Å². The first-order valence-corrected chi connectivity index (χ1v) is 3.43. The fourth-order valence-electron chi connectivity index (χ4n) is 0.594. The van der Waals surface area contributed by atoms with Gasteiger partial charge in [0.1, 0.15) is 5.83 Å². The number of alkyl carbamates (subject to hydrolysis) is 1. The van der Waals surface area contributed by atoms with Crippen molar-refractivity contribution in [1.29, 1.82) is 0 Å². The maximum Gasteiger partial charge on any atom is 0.407 e. The van der Waals surface area contributed by atoms with E-state index in [2.05, 4.69) is 16.6 Å². The topological polar surface area (TPSA) is 38.3 Å². The van der Waals surface area contributed by atoms with Crippen LogP contribution in [-0.4, -0.2) is 19.7 Å². The summed E-state index contributed by atoms with van der Waals surface area (Å²) in [5.74, 6) is -0.547. The van der Waals surface area contributed by atoms with E-state index in [0.29, 0.717) is 5.57 Å². The molecule has 0 aliphatic carbocycles. The van der Waals surface area contributed by atoms with Gasteiger partial charge < -0.3 is 10.1 Å². The molecule has 0 unspecified atom stereocenters. The van der Waals surface area contributed by atoms with Gasteiger partial charge in [0.05, 0.1) is 7.11 Å². The fourth-order valence-corrected chi connectivity index (χ4v) is 0.594. The van der Waals surface area contributed by atoms with Gasteiger partial charge in [-0.1, -0.05) is 12.7 Å². The van der Waals surface area contributed by atoms with Crippen LogP contribution in [0.1, 0.15) is 6.92 Å². The summed E-state index contributed by atoms with van der Waals surface area (Å²) in [6, 6.07) is 0. The Morgan fingerprint density at radius 3 is 2.67 bits per heavy atom. The molecule has 0 aromatic carbocycles. The van der Waals surface area contributed by atoms with E-state index in [1.165, 1.54) is 13.2 Å². The normalized spacial score (nSPS) is 10.8. The highest BCUT2D eigenvalue weighted by atomic mass is 19.1. The molecule has 1 N–H and O–H groups in total. The Morgan fingerprint density at radius 2 is 2.33 bits per heavy atom. The molecule has 0 spiro atoms. The van der Waals surface area contributed by atoms with Gasteiger partial charge in [0.2, 0.25) is 0 Å². The molecule has 0 radical (unpaired) electrons. The number of carbonyl (C=O) groups excluding carboxylic acids is 1. The predicted octanol–water partition coefficient (Wildman–Crippen LogP) is 1.77. The molecule has 0 rings (SSSR count). The monoisotopic (exact) mass is 173 g/mol. The van der Waals surface area contributed by atoms with Crippen molar-refractivity contribution in [3.05, 3.63) is 24.1 Å². The summed E-state index contributed by atoms with van der Waals surface area (Å²) >= 11 is 0. The first kappa shape index (κ1) is 10.7. The Morgan fingerprint density at radius 1 is 1.75 bits per heavy atom. The van der Waals surface area contributed by atoms with Crippen LogP contribution < -0.4 is 5.32 Å². The Bertz CT molecular complexity index is 211. The van der Waals surface area contributed by atoms with Crippen LogP contribution in [0, 0.1) is 0 Å². The second-order valence-corrected chi connectivity index (χ2v) is 2.06. The molecule has 0 fully saturated rings. The van der Waals surface area contributed by atoms with E-state index in [1.807, 2.05) is 0 Å². The number of amides is 1. The summed E-state index contributed by atoms with van der Waals surface area (Å²) in [6.45, 7) is 4.86. The number of nitrogens with one attached hydrogen (secondary N) is 1. The zero-order valence-corrected chi connectivity index (χ0v) is 7.19. The summed E-state index contributed by atoms with van der Waals surface area (Å²) in [7, 11) is 1.24. The van der Waals surface area contributed by atoms with E-state index >= 15 is 0 Å². The fraction of sp³-hybridized carbons (Fsp3) is 0.375. The van der Waals surface area contributed by atoms with Gasteiger partial charge >= 0.3 is 6.09 Å². The molecular weight excluding hydrogens is 161 g/mol. The minimum Gasteiger partial charge on any atom is -0.453 e. The third-order valence-corrected chi connectivity index (χ3v) is 1.31. The summed E-state index contributed by atoms with van der Waals surface area (Å²) in [5.41, 5.74) is 0.348. The summed E-state index contributed by atoms with van der Waals surface area (Å²) in [6.07, 6.45) is 0.953. The van der Waals surface area contributed by atoms with Crippen molar-refractivity contribution in [3.63, 3.8) is 0 Å². The Hall–Kier alpha value is -1.32. The number of carbonyl (C=O) groups is 1. The number of hydrogen-bond acceptors (Lipinski definition) is 2. The number of rotatable bonds is 3. The van der Waals surface area contributed by atoms with Crippen molar-refractivity contribution in [2.75, 3.05) is 13.7 Å². The van der Waals surface area contributed by atoms with Gasteiger partial charge in [-0.3, -0.25) is 0 Å². The highest BCUT2D eigenvalue weighted by molar-refractivity contribution is 5.67. The minimum absolute atomic E-state index is 0.0957. The molecule has 0 saturated heterocycles. The molecule has 0 aliphatic heterocycles. The highest BCUT2D eigenvalue weighted by Crippen LogP contribution is 2.06. The lowest BCUT2D eigenvalue weighted by Crippen LogP contribution is -2.25. The maximum absolute atomic E-state index is 12.5. The summed E-state index contributed by atoms with van der Waals surface area (Å²) < 4.78 is 16.8. The average molecular weight is 173 g/mol. The van der Waals surface area contributed by atoms with E-state index in [4.69, 9.17) is 0 Å². The predicted molar refractivity (Wildman–Crippen MR) is 44.4 cm³/mol. The summed E-state index contributed by atoms with van der Waals surface area (Å²) in [5, 5.41) is 2.33. The molecule has 0 aromatic heterocycles. The SMILES string of the molecule is C=C(F)/C(=C\C)CNC(=O)OC. The molecule has 4 heteroatoms. The number of allylic oxidation sites excluding steroid dienone is 1. The molecule has 0 heterocycles. The van der Waals surface area contributed by atoms with Gasteiger partial charge in [-0.2, -0.15) is 0 Å². The van der Waals surface area contributed by atoms with Gasteiger partial charge in [-0.15, -0.1) is 0 Å². The number of ether oxygens (including phenoxy) is 1. The van der Waals surface area contributed by atoms with Gasteiger partial charge in [0, 0.05) is 12.1 Å². The number of halogens is 1. The van der Waals surface area contributed by atoms with Crippen molar-refractivity contribution < 1.29 is 13.9 Å². The minimum atomic E-state index is -0.587. The van der Waals surface area contributed by atoms with Gasteiger partial charge in [-0.25, -0.2) is 9.18 Å². The molecule has 0 aliphatic rings. The lowest BCUT2D eigenvalue weighted by molar-refractivity contribution is 0.172. The Kier molecular flexibility index (Phi) is 4.76. The molecule has 0 atom stereocenters. The third-order valence-electron chi connectivity index (χ3n) is 1.31. The van der Waals surface area contributed by atoms with Crippen LogP contribution >= 0.6 is 0 Å². The second-order valence-electron chi connectivity index (χ2n) is 2.06. The smallest absolute Gasteiger partial charge is 0.407 e. The van der Waals surface area contributed by atoms with E-state index in [-0.39, 0.29) is 6.54 Å². The van der Waals surface area contributed by atoms with Crippen molar-refractivity contribution >= 4 is 6.09 Å². The summed E-state index contributed by atoms with van der Waals surface area (Å²) in [4.78, 5) is 10.5. The molecule has 0 saturated carbocycles.